The number of aryl methyl sites for hydroxylation is 2. The van der Waals surface area contributed by atoms with E-state index in [1.807, 2.05) is 42.7 Å². The Morgan fingerprint density at radius 3 is 2.73 bits per heavy atom. The molecule has 0 radical (unpaired) electrons. The first-order valence-corrected chi connectivity index (χ1v) is 4.87. The van der Waals surface area contributed by atoms with E-state index in [9.17, 15) is 0 Å². The van der Waals surface area contributed by atoms with E-state index in [0.29, 0.717) is 0 Å². The molecule has 2 aromatic rings. The molecule has 80 valence electrons. The molecule has 0 spiro atoms. The highest BCUT2D eigenvalue weighted by molar-refractivity contribution is 5.45. The van der Waals surface area contributed by atoms with E-state index >= 15 is 0 Å². The van der Waals surface area contributed by atoms with Gasteiger partial charge in [0.25, 0.3) is 0 Å². The lowest BCUT2D eigenvalue weighted by atomic mass is 10.4. The Morgan fingerprint density at radius 2 is 2.20 bits per heavy atom. The molecule has 0 aliphatic carbocycles. The molecule has 0 aliphatic rings. The molecule has 2 aromatic heterocycles. The van der Waals surface area contributed by atoms with Crippen LogP contribution in [0.25, 0.3) is 0 Å². The Labute approximate surface area is 88.7 Å². The molecule has 5 heteroatoms. The van der Waals surface area contributed by atoms with Crippen LogP contribution < -0.4 is 5.32 Å². The van der Waals surface area contributed by atoms with Gasteiger partial charge in [0.05, 0.1) is 24.1 Å². The zero-order valence-corrected chi connectivity index (χ0v) is 9.23. The maximum atomic E-state index is 4.24. The maximum absolute atomic E-state index is 4.24. The minimum Gasteiger partial charge on any atom is -0.375 e. The number of rotatable bonds is 3. The van der Waals surface area contributed by atoms with Gasteiger partial charge in [0, 0.05) is 26.5 Å². The van der Waals surface area contributed by atoms with Crippen LogP contribution in [0.3, 0.4) is 0 Å². The quantitative estimate of drug-likeness (QED) is 0.815. The molecule has 2 heterocycles. The summed E-state index contributed by atoms with van der Waals surface area (Å²) in [5.41, 5.74) is 2.18. The van der Waals surface area contributed by atoms with Crippen LogP contribution >= 0.6 is 0 Å². The third kappa shape index (κ3) is 1.86. The summed E-state index contributed by atoms with van der Waals surface area (Å²) in [5.74, 6) is 1.01. The SMILES string of the molecule is Cc1c(NCc2nccn2C)cnn1C. The van der Waals surface area contributed by atoms with Crippen molar-refractivity contribution in [3.63, 3.8) is 0 Å². The van der Waals surface area contributed by atoms with Gasteiger partial charge in [0.15, 0.2) is 0 Å². The standard InChI is InChI=1S/C10H15N5/c1-8-9(6-13-15(8)3)12-7-10-11-4-5-14(10)2/h4-6,12H,7H2,1-3H3. The van der Waals surface area contributed by atoms with Gasteiger partial charge in [-0.1, -0.05) is 0 Å². The van der Waals surface area contributed by atoms with Crippen LogP contribution in [0.2, 0.25) is 0 Å². The third-order valence-electron chi connectivity index (χ3n) is 2.59. The van der Waals surface area contributed by atoms with Crippen LogP contribution in [0.5, 0.6) is 0 Å². The number of hydrogen-bond donors (Lipinski definition) is 1. The molecule has 0 bridgehead atoms. The molecule has 2 rings (SSSR count). The molecule has 0 saturated carbocycles. The minimum atomic E-state index is 0.718. The molecule has 1 N–H and O–H groups in total. The fourth-order valence-corrected chi connectivity index (χ4v) is 1.41. The zero-order valence-electron chi connectivity index (χ0n) is 9.23. The van der Waals surface area contributed by atoms with Crippen molar-refractivity contribution >= 4 is 5.69 Å². The zero-order chi connectivity index (χ0) is 10.8. The normalized spacial score (nSPS) is 10.6. The predicted molar refractivity (Wildman–Crippen MR) is 58.5 cm³/mol. The van der Waals surface area contributed by atoms with Gasteiger partial charge in [-0.25, -0.2) is 4.98 Å². The van der Waals surface area contributed by atoms with Crippen molar-refractivity contribution in [2.24, 2.45) is 14.1 Å². The maximum Gasteiger partial charge on any atom is 0.127 e. The number of aromatic nitrogens is 4. The highest BCUT2D eigenvalue weighted by Crippen LogP contribution is 2.12. The van der Waals surface area contributed by atoms with Crippen molar-refractivity contribution in [1.29, 1.82) is 0 Å². The van der Waals surface area contributed by atoms with Gasteiger partial charge in [-0.15, -0.1) is 0 Å². The van der Waals surface area contributed by atoms with E-state index < -0.39 is 0 Å². The second-order valence-electron chi connectivity index (χ2n) is 3.58. The van der Waals surface area contributed by atoms with Crippen molar-refractivity contribution in [2.45, 2.75) is 13.5 Å². The first kappa shape index (κ1) is 9.76. The Bertz CT molecular complexity index is 454. The summed E-state index contributed by atoms with van der Waals surface area (Å²) in [4.78, 5) is 4.24. The van der Waals surface area contributed by atoms with Gasteiger partial charge in [-0.05, 0) is 6.92 Å². The molecule has 0 aliphatic heterocycles. The predicted octanol–water partition coefficient (Wildman–Crippen LogP) is 1.07. The summed E-state index contributed by atoms with van der Waals surface area (Å²) in [6.45, 7) is 2.75. The third-order valence-corrected chi connectivity index (χ3v) is 2.59. The number of anilines is 1. The highest BCUT2D eigenvalue weighted by atomic mass is 15.3. The molecule has 15 heavy (non-hydrogen) atoms. The lowest BCUT2D eigenvalue weighted by molar-refractivity contribution is 0.740. The van der Waals surface area contributed by atoms with Gasteiger partial charge in [-0.3, -0.25) is 4.68 Å². The lowest BCUT2D eigenvalue weighted by Gasteiger charge is -2.05. The summed E-state index contributed by atoms with van der Waals surface area (Å²) < 4.78 is 3.85. The second-order valence-corrected chi connectivity index (χ2v) is 3.58. The first-order valence-electron chi connectivity index (χ1n) is 4.87. The molecule has 5 nitrogen and oxygen atoms in total. The lowest BCUT2D eigenvalue weighted by Crippen LogP contribution is -2.06. The first-order chi connectivity index (χ1) is 7.18. The molecular formula is C10H15N5. The summed E-state index contributed by atoms with van der Waals surface area (Å²) in [5, 5.41) is 7.48. The minimum absolute atomic E-state index is 0.718. The van der Waals surface area contributed by atoms with Crippen molar-refractivity contribution in [1.82, 2.24) is 19.3 Å². The molecule has 0 amide bonds. The van der Waals surface area contributed by atoms with Gasteiger partial charge in [-0.2, -0.15) is 5.10 Å². The van der Waals surface area contributed by atoms with Crippen molar-refractivity contribution in [3.8, 4) is 0 Å². The van der Waals surface area contributed by atoms with E-state index in [-0.39, 0.29) is 0 Å². The Kier molecular flexibility index (Phi) is 2.45. The van der Waals surface area contributed by atoms with E-state index in [4.69, 9.17) is 0 Å². The van der Waals surface area contributed by atoms with Crippen LogP contribution in [-0.2, 0) is 20.6 Å². The highest BCUT2D eigenvalue weighted by Gasteiger charge is 2.04. The summed E-state index contributed by atoms with van der Waals surface area (Å²) >= 11 is 0. The topological polar surface area (TPSA) is 47.7 Å². The van der Waals surface area contributed by atoms with Gasteiger partial charge < -0.3 is 9.88 Å². The monoisotopic (exact) mass is 205 g/mol. The molecule has 0 saturated heterocycles. The van der Waals surface area contributed by atoms with E-state index in [2.05, 4.69) is 15.4 Å². The Hall–Kier alpha value is -1.78. The molecule has 0 unspecified atom stereocenters. The van der Waals surface area contributed by atoms with E-state index in [1.54, 1.807) is 6.20 Å². The number of imidazole rings is 1. The van der Waals surface area contributed by atoms with Crippen LogP contribution in [-0.4, -0.2) is 19.3 Å². The smallest absolute Gasteiger partial charge is 0.127 e. The van der Waals surface area contributed by atoms with E-state index in [0.717, 1.165) is 23.8 Å². The van der Waals surface area contributed by atoms with Gasteiger partial charge >= 0.3 is 0 Å². The molecule has 0 aromatic carbocycles. The van der Waals surface area contributed by atoms with Crippen molar-refractivity contribution in [2.75, 3.05) is 5.32 Å². The Morgan fingerprint density at radius 1 is 1.40 bits per heavy atom. The van der Waals surface area contributed by atoms with Crippen LogP contribution in [0.1, 0.15) is 11.5 Å². The fraction of sp³-hybridized carbons (Fsp3) is 0.400. The largest absolute Gasteiger partial charge is 0.375 e. The average Bonchev–Trinajstić information content (AvgIpc) is 2.74. The molecule has 0 atom stereocenters. The van der Waals surface area contributed by atoms with Gasteiger partial charge in [0.2, 0.25) is 0 Å². The van der Waals surface area contributed by atoms with Crippen LogP contribution in [0.15, 0.2) is 18.6 Å². The molecular weight excluding hydrogens is 190 g/mol. The van der Waals surface area contributed by atoms with Crippen LogP contribution in [0, 0.1) is 6.92 Å². The number of hydrogen-bond acceptors (Lipinski definition) is 3. The fourth-order valence-electron chi connectivity index (χ4n) is 1.41. The van der Waals surface area contributed by atoms with Crippen molar-refractivity contribution in [3.05, 3.63) is 30.1 Å². The average molecular weight is 205 g/mol. The Balaban J connectivity index is 2.05. The number of nitrogens with zero attached hydrogens (tertiary/aromatic N) is 4. The summed E-state index contributed by atoms with van der Waals surface area (Å²) in [6, 6.07) is 0. The van der Waals surface area contributed by atoms with Crippen LogP contribution in [0.4, 0.5) is 5.69 Å². The summed E-state index contributed by atoms with van der Waals surface area (Å²) in [6.07, 6.45) is 5.57. The summed E-state index contributed by atoms with van der Waals surface area (Å²) in [7, 11) is 3.92. The second kappa shape index (κ2) is 3.76. The molecule has 0 fully saturated rings. The van der Waals surface area contributed by atoms with Gasteiger partial charge in [0.1, 0.15) is 5.82 Å². The van der Waals surface area contributed by atoms with E-state index in [1.165, 1.54) is 0 Å². The van der Waals surface area contributed by atoms with Crippen molar-refractivity contribution < 1.29 is 0 Å². The number of nitrogens with one attached hydrogen (secondary N) is 1.